The first kappa shape index (κ1) is 22.9. The van der Waals surface area contributed by atoms with Crippen LogP contribution in [0.3, 0.4) is 0 Å². The highest BCUT2D eigenvalue weighted by Gasteiger charge is 2.38. The zero-order chi connectivity index (χ0) is 22.5. The standard InChI is InChI=1S/C19H27N5O6/c1-19(2,3)30-18(26)23-9-8-13(10-23)15(22-17(20)21)16(25)29-11-12-4-6-14(7-5-12)24(27)28/h4-7,13,15H,8-11H2,1-3H3,(H4,20,21,22)/t13-,15?/m0/s1. The molecule has 1 aromatic carbocycles. The largest absolute Gasteiger partial charge is 0.459 e. The Balaban J connectivity index is 1.99. The van der Waals surface area contributed by atoms with Crippen molar-refractivity contribution in [1.82, 2.24) is 10.2 Å². The van der Waals surface area contributed by atoms with E-state index in [1.54, 1.807) is 20.8 Å². The number of hydrogen-bond acceptors (Lipinski definition) is 7. The first-order valence-electron chi connectivity index (χ1n) is 9.44. The SMILES string of the molecule is CC(C)(C)OC(=O)N1CC[C@H](C(NC(=N)N)C(=O)OCc2ccc([N+](=O)[O-])cc2)C1. The summed E-state index contributed by atoms with van der Waals surface area (Å²) in [6.07, 6.45) is 0.0439. The minimum absolute atomic E-state index is 0.0608. The lowest BCUT2D eigenvalue weighted by Gasteiger charge is -2.26. The maximum Gasteiger partial charge on any atom is 0.410 e. The van der Waals surface area contributed by atoms with Crippen LogP contribution in [0, 0.1) is 21.4 Å². The Morgan fingerprint density at radius 3 is 2.53 bits per heavy atom. The van der Waals surface area contributed by atoms with Crippen LogP contribution in [0.1, 0.15) is 32.8 Å². The van der Waals surface area contributed by atoms with Gasteiger partial charge < -0.3 is 25.4 Å². The fourth-order valence-corrected chi connectivity index (χ4v) is 3.05. The predicted molar refractivity (Wildman–Crippen MR) is 108 cm³/mol. The summed E-state index contributed by atoms with van der Waals surface area (Å²) in [4.78, 5) is 36.6. The molecule has 0 saturated carbocycles. The molecule has 0 radical (unpaired) electrons. The number of nitro benzene ring substituents is 1. The number of rotatable bonds is 6. The lowest BCUT2D eigenvalue weighted by Crippen LogP contribution is -2.50. The van der Waals surface area contributed by atoms with Crippen molar-refractivity contribution in [3.63, 3.8) is 0 Å². The molecule has 1 fully saturated rings. The predicted octanol–water partition coefficient (Wildman–Crippen LogP) is 1.75. The molecule has 0 aromatic heterocycles. The number of ether oxygens (including phenoxy) is 2. The van der Waals surface area contributed by atoms with E-state index in [0.29, 0.717) is 18.5 Å². The second-order valence-corrected chi connectivity index (χ2v) is 8.04. The molecule has 0 bridgehead atoms. The number of nitrogens with two attached hydrogens (primary N) is 1. The van der Waals surface area contributed by atoms with Gasteiger partial charge in [0.25, 0.3) is 5.69 Å². The summed E-state index contributed by atoms with van der Waals surface area (Å²) in [5.74, 6) is -1.33. The molecule has 4 N–H and O–H groups in total. The number of benzene rings is 1. The molecule has 1 aliphatic heterocycles. The Morgan fingerprint density at radius 2 is 2.00 bits per heavy atom. The number of carbonyl (C=O) groups excluding carboxylic acids is 2. The number of nitrogens with zero attached hydrogens (tertiary/aromatic N) is 2. The summed E-state index contributed by atoms with van der Waals surface area (Å²) in [5, 5.41) is 20.8. The third-order valence-corrected chi connectivity index (χ3v) is 4.44. The second kappa shape index (κ2) is 9.42. The Hall–Kier alpha value is -3.37. The molecule has 11 heteroatoms. The second-order valence-electron chi connectivity index (χ2n) is 8.04. The zero-order valence-corrected chi connectivity index (χ0v) is 17.2. The number of guanidine groups is 1. The van der Waals surface area contributed by atoms with E-state index in [2.05, 4.69) is 5.32 Å². The van der Waals surface area contributed by atoms with Gasteiger partial charge in [-0.05, 0) is 44.9 Å². The average Bonchev–Trinajstić information content (AvgIpc) is 3.13. The molecule has 2 atom stereocenters. The molecule has 1 aliphatic rings. The van der Waals surface area contributed by atoms with Crippen molar-refractivity contribution in [1.29, 1.82) is 5.41 Å². The van der Waals surface area contributed by atoms with Gasteiger partial charge in [-0.3, -0.25) is 15.5 Å². The van der Waals surface area contributed by atoms with Crippen molar-refractivity contribution in [3.8, 4) is 0 Å². The van der Waals surface area contributed by atoms with Gasteiger partial charge in [-0.1, -0.05) is 0 Å². The normalized spacial score (nSPS) is 17.2. The van der Waals surface area contributed by atoms with Crippen LogP contribution >= 0.6 is 0 Å². The molecule has 1 heterocycles. The maximum atomic E-state index is 12.6. The van der Waals surface area contributed by atoms with E-state index in [1.165, 1.54) is 29.2 Å². The summed E-state index contributed by atoms with van der Waals surface area (Å²) in [5.41, 5.74) is 5.32. The van der Waals surface area contributed by atoms with Gasteiger partial charge in [-0.15, -0.1) is 0 Å². The summed E-state index contributed by atoms with van der Waals surface area (Å²) in [6, 6.07) is 4.74. The highest BCUT2D eigenvalue weighted by Crippen LogP contribution is 2.23. The van der Waals surface area contributed by atoms with Crippen molar-refractivity contribution >= 4 is 23.7 Å². The lowest BCUT2D eigenvalue weighted by atomic mass is 9.99. The molecule has 1 amide bonds. The summed E-state index contributed by atoms with van der Waals surface area (Å²) in [6.45, 7) is 5.89. The molecule has 2 rings (SSSR count). The van der Waals surface area contributed by atoms with Crippen molar-refractivity contribution in [2.45, 2.75) is 45.4 Å². The molecule has 30 heavy (non-hydrogen) atoms. The number of hydrogen-bond donors (Lipinski definition) is 3. The van der Waals surface area contributed by atoms with E-state index >= 15 is 0 Å². The Bertz CT molecular complexity index is 805. The third kappa shape index (κ3) is 6.61. The Labute approximate surface area is 174 Å². The number of carbonyl (C=O) groups is 2. The fraction of sp³-hybridized carbons (Fsp3) is 0.526. The summed E-state index contributed by atoms with van der Waals surface area (Å²) < 4.78 is 10.7. The van der Waals surface area contributed by atoms with Gasteiger partial charge in [0.15, 0.2) is 5.96 Å². The minimum atomic E-state index is -0.909. The van der Waals surface area contributed by atoms with Crippen LogP contribution in [0.25, 0.3) is 0 Å². The van der Waals surface area contributed by atoms with E-state index in [-0.39, 0.29) is 30.7 Å². The van der Waals surface area contributed by atoms with Gasteiger partial charge in [-0.25, -0.2) is 9.59 Å². The molecule has 0 aliphatic carbocycles. The van der Waals surface area contributed by atoms with Crippen molar-refractivity contribution in [2.24, 2.45) is 11.7 Å². The lowest BCUT2D eigenvalue weighted by molar-refractivity contribution is -0.384. The maximum absolute atomic E-state index is 12.6. The number of likely N-dealkylation sites (tertiary alicyclic amines) is 1. The molecule has 1 saturated heterocycles. The Morgan fingerprint density at radius 1 is 1.37 bits per heavy atom. The van der Waals surface area contributed by atoms with Crippen molar-refractivity contribution in [3.05, 3.63) is 39.9 Å². The van der Waals surface area contributed by atoms with E-state index in [9.17, 15) is 19.7 Å². The smallest absolute Gasteiger partial charge is 0.410 e. The van der Waals surface area contributed by atoms with Gasteiger partial charge in [0.1, 0.15) is 18.2 Å². The van der Waals surface area contributed by atoms with Gasteiger partial charge in [0, 0.05) is 31.1 Å². The van der Waals surface area contributed by atoms with E-state index < -0.39 is 28.6 Å². The monoisotopic (exact) mass is 421 g/mol. The highest BCUT2D eigenvalue weighted by atomic mass is 16.6. The van der Waals surface area contributed by atoms with Crippen LogP contribution in [0.4, 0.5) is 10.5 Å². The highest BCUT2D eigenvalue weighted by molar-refractivity contribution is 5.84. The quantitative estimate of drug-likeness (QED) is 0.206. The van der Waals surface area contributed by atoms with Crippen LogP contribution in [0.5, 0.6) is 0 Å². The van der Waals surface area contributed by atoms with Crippen LogP contribution in [0.2, 0.25) is 0 Å². The van der Waals surface area contributed by atoms with Gasteiger partial charge in [0.05, 0.1) is 4.92 Å². The van der Waals surface area contributed by atoms with Gasteiger partial charge in [-0.2, -0.15) is 0 Å². The molecular formula is C19H27N5O6. The third-order valence-electron chi connectivity index (χ3n) is 4.44. The van der Waals surface area contributed by atoms with Gasteiger partial charge >= 0.3 is 12.1 Å². The molecule has 164 valence electrons. The van der Waals surface area contributed by atoms with Gasteiger partial charge in [0.2, 0.25) is 0 Å². The van der Waals surface area contributed by atoms with Crippen LogP contribution in [-0.4, -0.2) is 52.6 Å². The topological polar surface area (TPSA) is 161 Å². The number of nitrogens with one attached hydrogen (secondary N) is 2. The summed E-state index contributed by atoms with van der Waals surface area (Å²) in [7, 11) is 0. The number of esters is 1. The average molecular weight is 421 g/mol. The first-order valence-corrected chi connectivity index (χ1v) is 9.44. The molecule has 0 spiro atoms. The molecule has 1 aromatic rings. The first-order chi connectivity index (χ1) is 14.0. The Kier molecular flexibility index (Phi) is 7.19. The zero-order valence-electron chi connectivity index (χ0n) is 17.2. The van der Waals surface area contributed by atoms with Crippen molar-refractivity contribution in [2.75, 3.05) is 13.1 Å². The van der Waals surface area contributed by atoms with E-state index in [4.69, 9.17) is 20.6 Å². The minimum Gasteiger partial charge on any atom is -0.459 e. The molecule has 11 nitrogen and oxygen atoms in total. The fourth-order valence-electron chi connectivity index (χ4n) is 3.05. The van der Waals surface area contributed by atoms with E-state index in [1.807, 2.05) is 0 Å². The molecular weight excluding hydrogens is 394 g/mol. The number of non-ortho nitro benzene ring substituents is 1. The van der Waals surface area contributed by atoms with Crippen LogP contribution in [0.15, 0.2) is 24.3 Å². The van der Waals surface area contributed by atoms with Crippen molar-refractivity contribution < 1.29 is 24.0 Å². The molecule has 1 unspecified atom stereocenters. The van der Waals surface area contributed by atoms with E-state index in [0.717, 1.165) is 0 Å². The van der Waals surface area contributed by atoms with Crippen LogP contribution in [-0.2, 0) is 20.9 Å². The van der Waals surface area contributed by atoms with Crippen LogP contribution < -0.4 is 11.1 Å². The summed E-state index contributed by atoms with van der Waals surface area (Å²) >= 11 is 0. The number of nitro groups is 1. The number of amides is 1.